The van der Waals surface area contributed by atoms with Crippen LogP contribution in [0, 0.1) is 5.82 Å². The molecule has 1 aliphatic heterocycles. The normalized spacial score (nSPS) is 16.0. The standard InChI is InChI=1S/C24H28Cl2FN3O3S/c1-34-13-8-21(29-23(31)19-7-4-17(25)14-20(19)26)24(32)28-15-22(30-9-11-33-12-10-30)16-2-5-18(27)6-3-16/h2-7,14,21-22H,8-13,15H2,1H3,(H,28,32)(H,29,31). The Morgan fingerprint density at radius 1 is 1.15 bits per heavy atom. The fourth-order valence-corrected chi connectivity index (χ4v) is 4.73. The van der Waals surface area contributed by atoms with Crippen LogP contribution in [0.4, 0.5) is 4.39 Å². The summed E-state index contributed by atoms with van der Waals surface area (Å²) in [6.45, 7) is 2.93. The molecule has 34 heavy (non-hydrogen) atoms. The SMILES string of the molecule is CSCCC(NC(=O)c1ccc(Cl)cc1Cl)C(=O)NCC(c1ccc(F)cc1)N1CCOCC1. The minimum atomic E-state index is -0.731. The second-order valence-corrected chi connectivity index (χ2v) is 9.72. The second kappa shape index (κ2) is 13.3. The molecule has 2 unspecified atom stereocenters. The highest BCUT2D eigenvalue weighted by Gasteiger charge is 2.26. The quantitative estimate of drug-likeness (QED) is 0.485. The first-order valence-corrected chi connectivity index (χ1v) is 13.1. The van der Waals surface area contributed by atoms with Crippen molar-refractivity contribution in [3.8, 4) is 0 Å². The van der Waals surface area contributed by atoms with E-state index in [9.17, 15) is 14.0 Å². The summed E-state index contributed by atoms with van der Waals surface area (Å²) in [5, 5.41) is 6.44. The zero-order valence-electron chi connectivity index (χ0n) is 18.9. The Morgan fingerprint density at radius 3 is 2.50 bits per heavy atom. The average Bonchev–Trinajstić information content (AvgIpc) is 2.83. The first-order valence-electron chi connectivity index (χ1n) is 11.0. The number of morpholine rings is 1. The van der Waals surface area contributed by atoms with Gasteiger partial charge in [0, 0.05) is 24.7 Å². The van der Waals surface area contributed by atoms with Crippen molar-refractivity contribution in [2.75, 3.05) is 44.9 Å². The van der Waals surface area contributed by atoms with Crippen LogP contribution in [0.2, 0.25) is 10.0 Å². The largest absolute Gasteiger partial charge is 0.379 e. The molecule has 0 bridgehead atoms. The molecule has 3 rings (SSSR count). The van der Waals surface area contributed by atoms with E-state index in [4.69, 9.17) is 27.9 Å². The molecule has 2 N–H and O–H groups in total. The lowest BCUT2D eigenvalue weighted by atomic mass is 10.0. The van der Waals surface area contributed by atoms with E-state index in [2.05, 4.69) is 15.5 Å². The molecule has 0 radical (unpaired) electrons. The van der Waals surface area contributed by atoms with E-state index in [0.717, 1.165) is 5.56 Å². The Bertz CT molecular complexity index is 974. The number of ether oxygens (including phenoxy) is 1. The van der Waals surface area contributed by atoms with Crippen LogP contribution < -0.4 is 10.6 Å². The minimum absolute atomic E-state index is 0.143. The Kier molecular flexibility index (Phi) is 10.5. The van der Waals surface area contributed by atoms with Crippen molar-refractivity contribution < 1.29 is 18.7 Å². The van der Waals surface area contributed by atoms with Gasteiger partial charge in [0.05, 0.1) is 29.8 Å². The minimum Gasteiger partial charge on any atom is -0.379 e. The molecule has 2 aromatic carbocycles. The third-order valence-corrected chi connectivity index (χ3v) is 6.81. The number of thioether (sulfide) groups is 1. The topological polar surface area (TPSA) is 70.7 Å². The molecular formula is C24H28Cl2FN3O3S. The first-order chi connectivity index (χ1) is 16.4. The van der Waals surface area contributed by atoms with Gasteiger partial charge in [-0.1, -0.05) is 35.3 Å². The number of halogens is 3. The number of amides is 2. The number of rotatable bonds is 10. The Hall–Kier alpha value is -1.84. The highest BCUT2D eigenvalue weighted by molar-refractivity contribution is 7.98. The van der Waals surface area contributed by atoms with Crippen molar-refractivity contribution in [3.63, 3.8) is 0 Å². The molecule has 2 atom stereocenters. The smallest absolute Gasteiger partial charge is 0.253 e. The van der Waals surface area contributed by atoms with E-state index in [1.54, 1.807) is 30.0 Å². The molecule has 2 aromatic rings. The lowest BCUT2D eigenvalue weighted by Crippen LogP contribution is -2.50. The molecule has 1 heterocycles. The van der Waals surface area contributed by atoms with Crippen LogP contribution >= 0.6 is 35.0 Å². The van der Waals surface area contributed by atoms with Gasteiger partial charge in [0.2, 0.25) is 5.91 Å². The van der Waals surface area contributed by atoms with E-state index in [1.165, 1.54) is 24.3 Å². The van der Waals surface area contributed by atoms with Crippen molar-refractivity contribution in [2.45, 2.75) is 18.5 Å². The van der Waals surface area contributed by atoms with Crippen LogP contribution in [0.15, 0.2) is 42.5 Å². The maximum Gasteiger partial charge on any atom is 0.253 e. The number of carbonyl (C=O) groups excluding carboxylic acids is 2. The van der Waals surface area contributed by atoms with Gasteiger partial charge < -0.3 is 15.4 Å². The van der Waals surface area contributed by atoms with Gasteiger partial charge in [0.25, 0.3) is 5.91 Å². The summed E-state index contributed by atoms with van der Waals surface area (Å²) >= 11 is 13.7. The van der Waals surface area contributed by atoms with Gasteiger partial charge in [-0.2, -0.15) is 11.8 Å². The van der Waals surface area contributed by atoms with Crippen molar-refractivity contribution in [1.29, 1.82) is 0 Å². The van der Waals surface area contributed by atoms with Gasteiger partial charge in [-0.05, 0) is 54.3 Å². The van der Waals surface area contributed by atoms with Crippen molar-refractivity contribution in [2.24, 2.45) is 0 Å². The van der Waals surface area contributed by atoms with Crippen LogP contribution in [-0.2, 0) is 9.53 Å². The van der Waals surface area contributed by atoms with Gasteiger partial charge in [0.15, 0.2) is 0 Å². The molecule has 1 saturated heterocycles. The van der Waals surface area contributed by atoms with Gasteiger partial charge in [0.1, 0.15) is 11.9 Å². The van der Waals surface area contributed by atoms with Crippen molar-refractivity contribution in [3.05, 3.63) is 69.5 Å². The lowest BCUT2D eigenvalue weighted by Gasteiger charge is -2.35. The van der Waals surface area contributed by atoms with Gasteiger partial charge in [-0.3, -0.25) is 14.5 Å². The number of hydrogen-bond donors (Lipinski definition) is 2. The van der Waals surface area contributed by atoms with Crippen LogP contribution in [-0.4, -0.2) is 67.6 Å². The predicted octanol–water partition coefficient (Wildman–Crippen LogP) is 4.17. The molecule has 6 nitrogen and oxygen atoms in total. The van der Waals surface area contributed by atoms with Crippen LogP contribution in [0.5, 0.6) is 0 Å². The van der Waals surface area contributed by atoms with Crippen molar-refractivity contribution in [1.82, 2.24) is 15.5 Å². The molecule has 0 saturated carbocycles. The monoisotopic (exact) mass is 527 g/mol. The highest BCUT2D eigenvalue weighted by Crippen LogP contribution is 2.23. The Labute approximate surface area is 213 Å². The fourth-order valence-electron chi connectivity index (χ4n) is 3.77. The molecule has 0 aromatic heterocycles. The summed E-state index contributed by atoms with van der Waals surface area (Å²) in [6, 6.07) is 10.0. The molecule has 10 heteroatoms. The molecule has 0 spiro atoms. The van der Waals surface area contributed by atoms with Gasteiger partial charge in [-0.15, -0.1) is 0 Å². The molecule has 184 valence electrons. The summed E-state index contributed by atoms with van der Waals surface area (Å²) in [5.41, 5.74) is 1.16. The van der Waals surface area contributed by atoms with E-state index < -0.39 is 11.9 Å². The van der Waals surface area contributed by atoms with E-state index >= 15 is 0 Å². The number of nitrogens with one attached hydrogen (secondary N) is 2. The zero-order valence-corrected chi connectivity index (χ0v) is 21.2. The predicted molar refractivity (Wildman–Crippen MR) is 135 cm³/mol. The maximum atomic E-state index is 13.5. The van der Waals surface area contributed by atoms with Crippen LogP contribution in [0.25, 0.3) is 0 Å². The van der Waals surface area contributed by atoms with Crippen molar-refractivity contribution >= 4 is 46.8 Å². The summed E-state index contributed by atoms with van der Waals surface area (Å²) in [4.78, 5) is 28.2. The van der Waals surface area contributed by atoms with E-state index in [0.29, 0.717) is 50.0 Å². The Balaban J connectivity index is 1.70. The van der Waals surface area contributed by atoms with Crippen LogP contribution in [0.1, 0.15) is 28.4 Å². The van der Waals surface area contributed by atoms with E-state index in [1.807, 2.05) is 6.26 Å². The van der Waals surface area contributed by atoms with Crippen LogP contribution in [0.3, 0.4) is 0 Å². The fraction of sp³-hybridized carbons (Fsp3) is 0.417. The average molecular weight is 528 g/mol. The maximum absolute atomic E-state index is 13.5. The molecule has 2 amide bonds. The van der Waals surface area contributed by atoms with E-state index in [-0.39, 0.29) is 28.4 Å². The van der Waals surface area contributed by atoms with Gasteiger partial charge >= 0.3 is 0 Å². The summed E-state index contributed by atoms with van der Waals surface area (Å²) in [7, 11) is 0. The molecule has 0 aliphatic carbocycles. The number of benzene rings is 2. The zero-order chi connectivity index (χ0) is 24.5. The highest BCUT2D eigenvalue weighted by atomic mass is 35.5. The van der Waals surface area contributed by atoms with Gasteiger partial charge in [-0.25, -0.2) is 4.39 Å². The summed E-state index contributed by atoms with van der Waals surface area (Å²) in [5.74, 6) is -0.342. The number of nitrogens with zero attached hydrogens (tertiary/aromatic N) is 1. The molecule has 1 fully saturated rings. The lowest BCUT2D eigenvalue weighted by molar-refractivity contribution is -0.123. The molecular weight excluding hydrogens is 500 g/mol. The molecule has 1 aliphatic rings. The second-order valence-electron chi connectivity index (χ2n) is 7.89. The first kappa shape index (κ1) is 26.8. The third kappa shape index (κ3) is 7.58. The summed E-state index contributed by atoms with van der Waals surface area (Å²) in [6.07, 6.45) is 2.40. The number of carbonyl (C=O) groups is 2. The Morgan fingerprint density at radius 2 is 1.85 bits per heavy atom. The summed E-state index contributed by atoms with van der Waals surface area (Å²) < 4.78 is 18.9. The number of hydrogen-bond acceptors (Lipinski definition) is 5. The third-order valence-electron chi connectivity index (χ3n) is 5.62.